The van der Waals surface area contributed by atoms with Gasteiger partial charge in [0.15, 0.2) is 0 Å². The van der Waals surface area contributed by atoms with Crippen LogP contribution in [-0.4, -0.2) is 39.5 Å². The van der Waals surface area contributed by atoms with Gasteiger partial charge in [0.05, 0.1) is 11.8 Å². The topological polar surface area (TPSA) is 55.2 Å². The van der Waals surface area contributed by atoms with E-state index in [0.717, 1.165) is 12.8 Å². The average molecular weight is 235 g/mol. The van der Waals surface area contributed by atoms with Crippen LogP contribution >= 0.6 is 0 Å². The molecule has 1 saturated carbocycles. The van der Waals surface area contributed by atoms with Gasteiger partial charge in [0.25, 0.3) is 5.91 Å². The van der Waals surface area contributed by atoms with E-state index in [9.17, 15) is 9.59 Å². The van der Waals surface area contributed by atoms with Crippen molar-refractivity contribution < 1.29 is 9.59 Å². The molecular weight excluding hydrogens is 218 g/mol. The SMILES string of the molecule is CN(C(=O)c1cnn(C)c1)C1CCC(=O)CC1. The lowest BCUT2D eigenvalue weighted by atomic mass is 9.93. The highest BCUT2D eigenvalue weighted by Crippen LogP contribution is 2.20. The second kappa shape index (κ2) is 4.69. The van der Waals surface area contributed by atoms with Crippen molar-refractivity contribution in [2.75, 3.05) is 7.05 Å². The number of amides is 1. The zero-order chi connectivity index (χ0) is 12.4. The monoisotopic (exact) mass is 235 g/mol. The van der Waals surface area contributed by atoms with Crippen molar-refractivity contribution >= 4 is 11.7 Å². The maximum absolute atomic E-state index is 12.1. The van der Waals surface area contributed by atoms with Crippen LogP contribution in [0.2, 0.25) is 0 Å². The molecule has 1 aromatic heterocycles. The van der Waals surface area contributed by atoms with Gasteiger partial charge in [-0.1, -0.05) is 0 Å². The smallest absolute Gasteiger partial charge is 0.257 e. The average Bonchev–Trinajstić information content (AvgIpc) is 2.75. The third-order valence-electron chi connectivity index (χ3n) is 3.33. The molecule has 0 N–H and O–H groups in total. The molecule has 1 aliphatic rings. The van der Waals surface area contributed by atoms with Gasteiger partial charge in [-0.3, -0.25) is 14.3 Å². The van der Waals surface area contributed by atoms with Gasteiger partial charge in [0.1, 0.15) is 5.78 Å². The molecule has 1 fully saturated rings. The van der Waals surface area contributed by atoms with E-state index in [1.165, 1.54) is 0 Å². The molecule has 0 bridgehead atoms. The quantitative estimate of drug-likeness (QED) is 0.768. The number of hydrogen-bond donors (Lipinski definition) is 0. The number of carbonyl (C=O) groups excluding carboxylic acids is 2. The molecule has 17 heavy (non-hydrogen) atoms. The first kappa shape index (κ1) is 11.8. The number of aryl methyl sites for hydroxylation is 1. The number of rotatable bonds is 2. The maximum Gasteiger partial charge on any atom is 0.257 e. The Morgan fingerprint density at radius 3 is 2.65 bits per heavy atom. The fourth-order valence-corrected chi connectivity index (χ4v) is 2.21. The van der Waals surface area contributed by atoms with Crippen molar-refractivity contribution in [2.24, 2.45) is 7.05 Å². The van der Waals surface area contributed by atoms with E-state index in [0.29, 0.717) is 24.2 Å². The highest BCUT2D eigenvalue weighted by molar-refractivity contribution is 5.94. The number of hydrogen-bond acceptors (Lipinski definition) is 3. The van der Waals surface area contributed by atoms with Crippen LogP contribution in [0.3, 0.4) is 0 Å². The maximum atomic E-state index is 12.1. The third kappa shape index (κ3) is 2.54. The van der Waals surface area contributed by atoms with Crippen molar-refractivity contribution in [2.45, 2.75) is 31.7 Å². The van der Waals surface area contributed by atoms with E-state index in [1.54, 1.807) is 36.1 Å². The van der Waals surface area contributed by atoms with Crippen molar-refractivity contribution in [1.82, 2.24) is 14.7 Å². The van der Waals surface area contributed by atoms with Gasteiger partial charge in [-0.25, -0.2) is 0 Å². The van der Waals surface area contributed by atoms with E-state index < -0.39 is 0 Å². The molecule has 0 aromatic carbocycles. The minimum absolute atomic E-state index is 0.0163. The summed E-state index contributed by atoms with van der Waals surface area (Å²) in [5, 5.41) is 3.99. The van der Waals surface area contributed by atoms with Gasteiger partial charge >= 0.3 is 0 Å². The summed E-state index contributed by atoms with van der Waals surface area (Å²) in [4.78, 5) is 25.0. The number of aromatic nitrogens is 2. The van der Waals surface area contributed by atoms with E-state index in [-0.39, 0.29) is 11.9 Å². The molecule has 5 nitrogen and oxygen atoms in total. The van der Waals surface area contributed by atoms with Gasteiger partial charge in [0, 0.05) is 39.2 Å². The first-order chi connectivity index (χ1) is 8.08. The summed E-state index contributed by atoms with van der Waals surface area (Å²) in [7, 11) is 3.59. The molecule has 0 unspecified atom stereocenters. The molecule has 5 heteroatoms. The Kier molecular flexibility index (Phi) is 3.26. The number of carbonyl (C=O) groups is 2. The summed E-state index contributed by atoms with van der Waals surface area (Å²) < 4.78 is 1.62. The third-order valence-corrected chi connectivity index (χ3v) is 3.33. The number of Topliss-reactive ketones (excluding diaryl/α,β-unsaturated/α-hetero) is 1. The van der Waals surface area contributed by atoms with Crippen LogP contribution in [0.25, 0.3) is 0 Å². The standard InChI is InChI=1S/C12H17N3O2/c1-14-8-9(7-13-14)12(17)15(2)10-3-5-11(16)6-4-10/h7-8,10H,3-6H2,1-2H3. The molecule has 1 heterocycles. The minimum Gasteiger partial charge on any atom is -0.339 e. The number of nitrogens with zero attached hydrogens (tertiary/aromatic N) is 3. The largest absolute Gasteiger partial charge is 0.339 e. The fourth-order valence-electron chi connectivity index (χ4n) is 2.21. The summed E-state index contributed by atoms with van der Waals surface area (Å²) >= 11 is 0. The molecule has 2 rings (SSSR count). The summed E-state index contributed by atoms with van der Waals surface area (Å²) in [5.74, 6) is 0.293. The molecule has 1 aromatic rings. The predicted octanol–water partition coefficient (Wildman–Crippen LogP) is 1.00. The van der Waals surface area contributed by atoms with E-state index >= 15 is 0 Å². The first-order valence-electron chi connectivity index (χ1n) is 5.85. The summed E-state index contributed by atoms with van der Waals surface area (Å²) in [6, 6.07) is 0.181. The Morgan fingerprint density at radius 1 is 1.47 bits per heavy atom. The van der Waals surface area contributed by atoms with Gasteiger partial charge < -0.3 is 4.90 Å². The molecule has 92 valence electrons. The van der Waals surface area contributed by atoms with Crippen molar-refractivity contribution in [3.63, 3.8) is 0 Å². The van der Waals surface area contributed by atoms with Gasteiger partial charge in [-0.2, -0.15) is 5.10 Å². The van der Waals surface area contributed by atoms with Crippen LogP contribution in [0.4, 0.5) is 0 Å². The molecule has 1 amide bonds. The lowest BCUT2D eigenvalue weighted by Crippen LogP contribution is -2.39. The van der Waals surface area contributed by atoms with Crippen LogP contribution in [-0.2, 0) is 11.8 Å². The zero-order valence-corrected chi connectivity index (χ0v) is 10.2. The first-order valence-corrected chi connectivity index (χ1v) is 5.85. The lowest BCUT2D eigenvalue weighted by Gasteiger charge is -2.30. The van der Waals surface area contributed by atoms with Crippen LogP contribution in [0.1, 0.15) is 36.0 Å². The number of ketones is 1. The Balaban J connectivity index is 2.02. The highest BCUT2D eigenvalue weighted by Gasteiger charge is 2.26. The van der Waals surface area contributed by atoms with Gasteiger partial charge in [0.2, 0.25) is 0 Å². The normalized spacial score (nSPS) is 17.2. The zero-order valence-electron chi connectivity index (χ0n) is 10.2. The van der Waals surface area contributed by atoms with Gasteiger partial charge in [-0.05, 0) is 12.8 Å². The molecule has 0 atom stereocenters. The predicted molar refractivity (Wildman–Crippen MR) is 62.6 cm³/mol. The summed E-state index contributed by atoms with van der Waals surface area (Å²) in [6.07, 6.45) is 6.03. The van der Waals surface area contributed by atoms with E-state index in [4.69, 9.17) is 0 Å². The van der Waals surface area contributed by atoms with Gasteiger partial charge in [-0.15, -0.1) is 0 Å². The Labute approximate surface area is 100 Å². The molecule has 0 radical (unpaired) electrons. The van der Waals surface area contributed by atoms with Crippen LogP contribution in [0.5, 0.6) is 0 Å². The van der Waals surface area contributed by atoms with Crippen molar-refractivity contribution in [3.05, 3.63) is 18.0 Å². The summed E-state index contributed by atoms with van der Waals surface area (Å²) in [6.45, 7) is 0. The molecule has 0 spiro atoms. The molecular formula is C12H17N3O2. The van der Waals surface area contributed by atoms with Crippen molar-refractivity contribution in [1.29, 1.82) is 0 Å². The summed E-state index contributed by atoms with van der Waals surface area (Å²) in [5.41, 5.74) is 0.604. The van der Waals surface area contributed by atoms with Crippen LogP contribution in [0, 0.1) is 0 Å². The molecule has 0 saturated heterocycles. The highest BCUT2D eigenvalue weighted by atomic mass is 16.2. The van der Waals surface area contributed by atoms with Crippen LogP contribution < -0.4 is 0 Å². The Morgan fingerprint density at radius 2 is 2.12 bits per heavy atom. The van der Waals surface area contributed by atoms with Crippen molar-refractivity contribution in [3.8, 4) is 0 Å². The minimum atomic E-state index is -0.0163. The fraction of sp³-hybridized carbons (Fsp3) is 0.583. The molecule has 1 aliphatic carbocycles. The van der Waals surface area contributed by atoms with E-state index in [2.05, 4.69) is 5.10 Å². The van der Waals surface area contributed by atoms with Crippen LogP contribution in [0.15, 0.2) is 12.4 Å². The lowest BCUT2D eigenvalue weighted by molar-refractivity contribution is -0.121. The van der Waals surface area contributed by atoms with E-state index in [1.807, 2.05) is 0 Å². The second-order valence-electron chi connectivity index (χ2n) is 4.59. The Bertz CT molecular complexity index is 429. The molecule has 0 aliphatic heterocycles. The Hall–Kier alpha value is -1.65. The second-order valence-corrected chi connectivity index (χ2v) is 4.59.